The number of aliphatic imine (C=N–C) groups is 1. The Morgan fingerprint density at radius 2 is 1.68 bits per heavy atom. The van der Waals surface area contributed by atoms with E-state index < -0.39 is 40.5 Å². The van der Waals surface area contributed by atoms with E-state index in [0.29, 0.717) is 18.4 Å². The molecule has 2 amide bonds. The van der Waals surface area contributed by atoms with E-state index in [1.165, 1.54) is 29.2 Å². The minimum absolute atomic E-state index is 0.138. The molecule has 2 aliphatic rings. The highest BCUT2D eigenvalue weighted by atomic mass is 19.1. The van der Waals surface area contributed by atoms with Gasteiger partial charge in [0.15, 0.2) is 0 Å². The molecule has 0 atom stereocenters. The second-order valence-electron chi connectivity index (χ2n) is 6.85. The summed E-state index contributed by atoms with van der Waals surface area (Å²) in [5.41, 5.74) is -0.970. The molecule has 28 heavy (non-hydrogen) atoms. The molecule has 2 aromatic rings. The summed E-state index contributed by atoms with van der Waals surface area (Å²) >= 11 is 0. The lowest BCUT2D eigenvalue weighted by molar-refractivity contribution is -0.115. The Labute approximate surface area is 158 Å². The third-order valence-corrected chi connectivity index (χ3v) is 5.04. The third-order valence-electron chi connectivity index (χ3n) is 5.04. The lowest BCUT2D eigenvalue weighted by Gasteiger charge is -2.37. The molecule has 144 valence electrons. The van der Waals surface area contributed by atoms with Crippen molar-refractivity contribution in [2.45, 2.75) is 18.5 Å². The van der Waals surface area contributed by atoms with Crippen molar-refractivity contribution in [2.24, 2.45) is 4.99 Å². The fourth-order valence-electron chi connectivity index (χ4n) is 3.57. The normalized spacial score (nSPS) is 18.2. The van der Waals surface area contributed by atoms with Gasteiger partial charge in [-0.3, -0.25) is 14.6 Å². The molecule has 5 nitrogen and oxygen atoms in total. The van der Waals surface area contributed by atoms with Crippen molar-refractivity contribution < 1.29 is 22.8 Å². The van der Waals surface area contributed by atoms with Crippen LogP contribution in [0.5, 0.6) is 0 Å². The van der Waals surface area contributed by atoms with Crippen LogP contribution in [0.15, 0.2) is 47.5 Å². The summed E-state index contributed by atoms with van der Waals surface area (Å²) in [5, 5.41) is 2.81. The molecule has 0 aromatic heterocycles. The average Bonchev–Trinajstić information content (AvgIpc) is 2.98. The molecule has 1 spiro atoms. The van der Waals surface area contributed by atoms with Gasteiger partial charge in [0.25, 0.3) is 11.8 Å². The maximum absolute atomic E-state index is 13.9. The summed E-state index contributed by atoms with van der Waals surface area (Å²) in [6.45, 7) is 0.347. The Balaban J connectivity index is 1.52. The summed E-state index contributed by atoms with van der Waals surface area (Å²) < 4.78 is 41.2. The summed E-state index contributed by atoms with van der Waals surface area (Å²) in [6.07, 6.45) is 0.582. The number of halogens is 3. The number of likely N-dealkylation sites (tertiary alicyclic amines) is 1. The highest BCUT2D eigenvalue weighted by Crippen LogP contribution is 2.30. The fraction of sp³-hybridized carbons (Fsp3) is 0.250. The van der Waals surface area contributed by atoms with Gasteiger partial charge in [-0.05, 0) is 24.3 Å². The zero-order valence-corrected chi connectivity index (χ0v) is 14.7. The number of nitrogens with one attached hydrogen (secondary N) is 1. The predicted molar refractivity (Wildman–Crippen MR) is 95.3 cm³/mol. The van der Waals surface area contributed by atoms with Crippen LogP contribution < -0.4 is 5.32 Å². The first kappa shape index (κ1) is 18.2. The van der Waals surface area contributed by atoms with Gasteiger partial charge in [0.1, 0.15) is 34.4 Å². The van der Waals surface area contributed by atoms with Gasteiger partial charge in [-0.2, -0.15) is 0 Å². The van der Waals surface area contributed by atoms with Crippen LogP contribution in [-0.2, 0) is 4.79 Å². The van der Waals surface area contributed by atoms with Crippen LogP contribution in [0.1, 0.15) is 28.8 Å². The molecule has 2 aliphatic heterocycles. The van der Waals surface area contributed by atoms with Crippen molar-refractivity contribution in [3.05, 3.63) is 71.0 Å². The molecule has 0 saturated carbocycles. The molecule has 1 saturated heterocycles. The maximum atomic E-state index is 13.9. The first-order chi connectivity index (χ1) is 13.4. The van der Waals surface area contributed by atoms with E-state index in [2.05, 4.69) is 10.3 Å². The monoisotopic (exact) mass is 387 g/mol. The van der Waals surface area contributed by atoms with E-state index >= 15 is 0 Å². The highest BCUT2D eigenvalue weighted by molar-refractivity contribution is 6.46. The van der Waals surface area contributed by atoms with Gasteiger partial charge in [0, 0.05) is 31.5 Å². The molecular weight excluding hydrogens is 371 g/mol. The zero-order chi connectivity index (χ0) is 19.9. The van der Waals surface area contributed by atoms with Crippen LogP contribution in [0, 0.1) is 17.5 Å². The molecule has 8 heteroatoms. The number of carbonyl (C=O) groups excluding carboxylic acids is 2. The topological polar surface area (TPSA) is 61.8 Å². The first-order valence-electron chi connectivity index (χ1n) is 8.80. The predicted octanol–water partition coefficient (Wildman–Crippen LogP) is 2.66. The summed E-state index contributed by atoms with van der Waals surface area (Å²) in [6, 6.07) is 8.87. The van der Waals surface area contributed by atoms with E-state index in [1.54, 1.807) is 6.07 Å². The Morgan fingerprint density at radius 3 is 2.32 bits per heavy atom. The van der Waals surface area contributed by atoms with Crippen molar-refractivity contribution in [3.8, 4) is 0 Å². The molecule has 2 heterocycles. The molecule has 0 unspecified atom stereocenters. The number of piperidine rings is 1. The maximum Gasteiger partial charge on any atom is 0.272 e. The van der Waals surface area contributed by atoms with E-state index in [1.807, 2.05) is 0 Å². The van der Waals surface area contributed by atoms with Gasteiger partial charge < -0.3 is 10.2 Å². The lowest BCUT2D eigenvalue weighted by Crippen LogP contribution is -2.52. The minimum Gasteiger partial charge on any atom is -0.338 e. The van der Waals surface area contributed by atoms with Crippen LogP contribution in [0.25, 0.3) is 0 Å². The number of benzene rings is 2. The first-order valence-corrected chi connectivity index (χ1v) is 8.80. The summed E-state index contributed by atoms with van der Waals surface area (Å²) in [7, 11) is 0. The molecule has 2 aromatic carbocycles. The smallest absolute Gasteiger partial charge is 0.272 e. The molecule has 0 aliphatic carbocycles. The quantitative estimate of drug-likeness (QED) is 0.861. The summed E-state index contributed by atoms with van der Waals surface area (Å²) in [5.74, 6) is -3.44. The van der Waals surface area contributed by atoms with Crippen molar-refractivity contribution in [2.75, 3.05) is 13.1 Å². The van der Waals surface area contributed by atoms with E-state index in [-0.39, 0.29) is 18.8 Å². The van der Waals surface area contributed by atoms with E-state index in [4.69, 9.17) is 0 Å². The Hall–Kier alpha value is -3.16. The van der Waals surface area contributed by atoms with Gasteiger partial charge >= 0.3 is 0 Å². The standard InChI is InChI=1S/C20H16F3N3O2/c21-13-4-1-3-12(11-13)17-18(27)25-20(24-17)7-9-26(10-8-20)19(28)16-14(22)5-2-6-15(16)23/h1-6,11H,7-10H2,(H,25,27). The number of amides is 2. The van der Waals surface area contributed by atoms with Crippen LogP contribution in [0.4, 0.5) is 13.2 Å². The molecule has 4 rings (SSSR count). The van der Waals surface area contributed by atoms with Crippen LogP contribution in [0.3, 0.4) is 0 Å². The average molecular weight is 387 g/mol. The number of hydrogen-bond donors (Lipinski definition) is 1. The van der Waals surface area contributed by atoms with Crippen molar-refractivity contribution in [1.82, 2.24) is 10.2 Å². The molecule has 0 radical (unpaired) electrons. The van der Waals surface area contributed by atoms with Gasteiger partial charge in [-0.15, -0.1) is 0 Å². The van der Waals surface area contributed by atoms with Crippen LogP contribution in [-0.4, -0.2) is 41.2 Å². The Bertz CT molecular complexity index is 978. The second kappa shape index (κ2) is 6.78. The number of nitrogens with zero attached hydrogens (tertiary/aromatic N) is 2. The van der Waals surface area contributed by atoms with E-state index in [0.717, 1.165) is 12.1 Å². The molecular formula is C20H16F3N3O2. The van der Waals surface area contributed by atoms with Crippen LogP contribution >= 0.6 is 0 Å². The third kappa shape index (κ3) is 3.15. The summed E-state index contributed by atoms with van der Waals surface area (Å²) in [4.78, 5) is 30.7. The number of rotatable bonds is 2. The van der Waals surface area contributed by atoms with Gasteiger partial charge in [-0.1, -0.05) is 18.2 Å². The van der Waals surface area contributed by atoms with Gasteiger partial charge in [-0.25, -0.2) is 13.2 Å². The highest BCUT2D eigenvalue weighted by Gasteiger charge is 2.43. The zero-order valence-electron chi connectivity index (χ0n) is 14.7. The fourth-order valence-corrected chi connectivity index (χ4v) is 3.57. The number of hydrogen-bond acceptors (Lipinski definition) is 3. The van der Waals surface area contributed by atoms with Crippen molar-refractivity contribution in [3.63, 3.8) is 0 Å². The Morgan fingerprint density at radius 1 is 1.04 bits per heavy atom. The minimum atomic E-state index is -0.911. The van der Waals surface area contributed by atoms with Crippen LogP contribution in [0.2, 0.25) is 0 Å². The van der Waals surface area contributed by atoms with Crippen molar-refractivity contribution >= 4 is 17.5 Å². The molecule has 0 bridgehead atoms. The SMILES string of the molecule is O=C1NC2(CCN(C(=O)c3c(F)cccc3F)CC2)N=C1c1cccc(F)c1. The van der Waals surface area contributed by atoms with Gasteiger partial charge in [0.05, 0.1) is 0 Å². The van der Waals surface area contributed by atoms with Gasteiger partial charge in [0.2, 0.25) is 0 Å². The van der Waals surface area contributed by atoms with E-state index in [9.17, 15) is 22.8 Å². The largest absolute Gasteiger partial charge is 0.338 e. The second-order valence-corrected chi connectivity index (χ2v) is 6.85. The molecule has 1 N–H and O–H groups in total. The molecule has 1 fully saturated rings. The lowest BCUT2D eigenvalue weighted by atomic mass is 9.97. The Kier molecular flexibility index (Phi) is 4.41. The van der Waals surface area contributed by atoms with Crippen molar-refractivity contribution in [1.29, 1.82) is 0 Å². The number of carbonyl (C=O) groups is 2.